The van der Waals surface area contributed by atoms with Crippen LogP contribution in [0.2, 0.25) is 0 Å². The number of fused-ring (bicyclic) bond motifs is 3. The van der Waals surface area contributed by atoms with Gasteiger partial charge in [0, 0.05) is 11.6 Å². The number of hydrogen-bond donors (Lipinski definition) is 2. The van der Waals surface area contributed by atoms with Crippen molar-refractivity contribution in [2.45, 2.75) is 12.3 Å². The molecule has 1 aliphatic rings. The Bertz CT molecular complexity index is 1300. The molecule has 0 bridgehead atoms. The molecule has 5 rings (SSSR count). The molecule has 0 unspecified atom stereocenters. The normalized spacial score (nSPS) is 15.9. The van der Waals surface area contributed by atoms with Crippen molar-refractivity contribution in [3.8, 4) is 28.6 Å². The molecule has 0 fully saturated rings. The summed E-state index contributed by atoms with van der Waals surface area (Å²) >= 11 is 0. The van der Waals surface area contributed by atoms with Gasteiger partial charge in [0.1, 0.15) is 22.5 Å². The number of aromatic hydroxyl groups is 2. The fourth-order valence-corrected chi connectivity index (χ4v) is 3.69. The highest BCUT2D eigenvalue weighted by atomic mass is 16.5. The monoisotopic (exact) mass is 390 g/mol. The lowest BCUT2D eigenvalue weighted by molar-refractivity contribution is -0.135. The Labute approximate surface area is 163 Å². The number of benzene rings is 2. The SMILES string of the molecule is O=C1C[C@@H](c2ccco2)c2c(c(O)c(O)c3c(=O)cc(-c4ccccc4)oc23)O1. The van der Waals surface area contributed by atoms with Crippen molar-refractivity contribution in [3.63, 3.8) is 0 Å². The quantitative estimate of drug-likeness (QED) is 0.303. The lowest BCUT2D eigenvalue weighted by atomic mass is 9.88. The highest BCUT2D eigenvalue weighted by Gasteiger charge is 2.37. The van der Waals surface area contributed by atoms with Crippen LogP contribution in [0.5, 0.6) is 17.2 Å². The zero-order valence-electron chi connectivity index (χ0n) is 14.9. The Hall–Kier alpha value is -4.00. The molecule has 7 heteroatoms. The summed E-state index contributed by atoms with van der Waals surface area (Å²) in [6.07, 6.45) is 1.39. The van der Waals surface area contributed by atoms with E-state index >= 15 is 0 Å². The third-order valence-electron chi connectivity index (χ3n) is 4.99. The summed E-state index contributed by atoms with van der Waals surface area (Å²) in [4.78, 5) is 25.0. The van der Waals surface area contributed by atoms with E-state index in [1.54, 1.807) is 36.4 Å². The molecule has 0 saturated heterocycles. The maximum atomic E-state index is 12.8. The summed E-state index contributed by atoms with van der Waals surface area (Å²) in [5, 5.41) is 20.7. The van der Waals surface area contributed by atoms with Crippen LogP contribution < -0.4 is 10.2 Å². The minimum Gasteiger partial charge on any atom is -0.504 e. The maximum Gasteiger partial charge on any atom is 0.312 e. The van der Waals surface area contributed by atoms with E-state index in [4.69, 9.17) is 13.6 Å². The second kappa shape index (κ2) is 6.27. The van der Waals surface area contributed by atoms with E-state index in [1.165, 1.54) is 12.3 Å². The lowest BCUT2D eigenvalue weighted by Gasteiger charge is -2.25. The van der Waals surface area contributed by atoms with Gasteiger partial charge in [-0.1, -0.05) is 30.3 Å². The van der Waals surface area contributed by atoms with Gasteiger partial charge in [-0.05, 0) is 12.1 Å². The van der Waals surface area contributed by atoms with Crippen LogP contribution in [-0.2, 0) is 4.79 Å². The van der Waals surface area contributed by atoms with E-state index in [0.29, 0.717) is 11.3 Å². The molecule has 0 amide bonds. The number of carbonyl (C=O) groups excluding carboxylic acids is 1. The number of ether oxygens (including phenoxy) is 1. The average molecular weight is 390 g/mol. The third-order valence-corrected chi connectivity index (χ3v) is 4.99. The highest BCUT2D eigenvalue weighted by molar-refractivity contribution is 5.96. The van der Waals surface area contributed by atoms with E-state index < -0.39 is 28.8 Å². The van der Waals surface area contributed by atoms with Crippen LogP contribution in [0.15, 0.2) is 68.4 Å². The first-order valence-electron chi connectivity index (χ1n) is 8.89. The number of hydrogen-bond acceptors (Lipinski definition) is 7. The molecule has 7 nitrogen and oxygen atoms in total. The van der Waals surface area contributed by atoms with Crippen molar-refractivity contribution in [1.82, 2.24) is 0 Å². The van der Waals surface area contributed by atoms with Gasteiger partial charge in [-0.25, -0.2) is 0 Å². The standard InChI is InChI=1S/C22H14O7/c23-13-10-15(11-5-2-1-3-6-11)28-21-17-12(14-7-4-8-27-14)9-16(24)29-22(17)20(26)19(25)18(13)21/h1-8,10,12,25-26H,9H2/t12-/m0/s1. The van der Waals surface area contributed by atoms with Crippen LogP contribution in [0.4, 0.5) is 0 Å². The number of esters is 1. The number of phenolic OH excluding ortho intramolecular Hbond substituents is 2. The van der Waals surface area contributed by atoms with Crippen LogP contribution in [-0.4, -0.2) is 16.2 Å². The summed E-state index contributed by atoms with van der Waals surface area (Å²) in [5.41, 5.74) is 0.446. The van der Waals surface area contributed by atoms with E-state index in [2.05, 4.69) is 0 Å². The number of rotatable bonds is 2. The van der Waals surface area contributed by atoms with Crippen molar-refractivity contribution >= 4 is 16.9 Å². The lowest BCUT2D eigenvalue weighted by Crippen LogP contribution is -2.22. The fraction of sp³-hybridized carbons (Fsp3) is 0.0909. The second-order valence-electron chi connectivity index (χ2n) is 6.73. The summed E-state index contributed by atoms with van der Waals surface area (Å²) in [6.45, 7) is 0. The fourth-order valence-electron chi connectivity index (χ4n) is 3.69. The van der Waals surface area contributed by atoms with Crippen molar-refractivity contribution in [1.29, 1.82) is 0 Å². The molecule has 1 atom stereocenters. The molecule has 0 aliphatic carbocycles. The minimum atomic E-state index is -0.694. The molecule has 2 N–H and O–H groups in total. The Morgan fingerprint density at radius 2 is 1.76 bits per heavy atom. The average Bonchev–Trinajstić information content (AvgIpc) is 3.26. The van der Waals surface area contributed by atoms with Crippen molar-refractivity contribution in [3.05, 3.63) is 76.3 Å². The summed E-state index contributed by atoms with van der Waals surface area (Å²) in [5.74, 6) is -2.13. The van der Waals surface area contributed by atoms with E-state index in [-0.39, 0.29) is 34.5 Å². The zero-order valence-corrected chi connectivity index (χ0v) is 14.9. The van der Waals surface area contributed by atoms with E-state index in [9.17, 15) is 19.8 Å². The molecule has 0 radical (unpaired) electrons. The summed E-state index contributed by atoms with van der Waals surface area (Å²) in [6, 6.07) is 13.6. The molecule has 0 saturated carbocycles. The van der Waals surface area contributed by atoms with Crippen LogP contribution in [0.1, 0.15) is 23.7 Å². The minimum absolute atomic E-state index is 0.0375. The molecule has 1 aliphatic heterocycles. The van der Waals surface area contributed by atoms with Crippen molar-refractivity contribution < 1.29 is 28.6 Å². The Kier molecular flexibility index (Phi) is 3.70. The summed E-state index contributed by atoms with van der Waals surface area (Å²) < 4.78 is 16.7. The first kappa shape index (κ1) is 17.1. The van der Waals surface area contributed by atoms with Gasteiger partial charge in [-0.3, -0.25) is 9.59 Å². The van der Waals surface area contributed by atoms with Gasteiger partial charge in [0.2, 0.25) is 5.75 Å². The smallest absolute Gasteiger partial charge is 0.312 e. The number of phenols is 2. The predicted octanol–water partition coefficient (Wildman–Crippen LogP) is 3.91. The predicted molar refractivity (Wildman–Crippen MR) is 102 cm³/mol. The maximum absolute atomic E-state index is 12.8. The molecule has 2 aromatic heterocycles. The molecule has 3 heterocycles. The van der Waals surface area contributed by atoms with E-state index in [1.807, 2.05) is 6.07 Å². The highest BCUT2D eigenvalue weighted by Crippen LogP contribution is 2.52. The van der Waals surface area contributed by atoms with Gasteiger partial charge in [0.25, 0.3) is 0 Å². The molecular weight excluding hydrogens is 376 g/mol. The van der Waals surface area contributed by atoms with E-state index in [0.717, 1.165) is 0 Å². The molecular formula is C22H14O7. The second-order valence-corrected chi connectivity index (χ2v) is 6.73. The van der Waals surface area contributed by atoms with Crippen molar-refractivity contribution in [2.75, 3.05) is 0 Å². The topological polar surface area (TPSA) is 110 Å². The van der Waals surface area contributed by atoms with Crippen molar-refractivity contribution in [2.24, 2.45) is 0 Å². The van der Waals surface area contributed by atoms with Gasteiger partial charge >= 0.3 is 5.97 Å². The number of carbonyl (C=O) groups is 1. The molecule has 4 aromatic rings. The van der Waals surface area contributed by atoms with Gasteiger partial charge in [0.05, 0.1) is 24.2 Å². The largest absolute Gasteiger partial charge is 0.504 e. The van der Waals surface area contributed by atoms with Gasteiger partial charge in [-0.15, -0.1) is 0 Å². The molecule has 2 aromatic carbocycles. The zero-order chi connectivity index (χ0) is 20.1. The van der Waals surface area contributed by atoms with Gasteiger partial charge in [0.15, 0.2) is 16.9 Å². The van der Waals surface area contributed by atoms with Gasteiger partial charge < -0.3 is 23.8 Å². The third kappa shape index (κ3) is 2.59. The first-order chi connectivity index (χ1) is 14.0. The molecule has 29 heavy (non-hydrogen) atoms. The Balaban J connectivity index is 1.90. The number of furan rings is 1. The van der Waals surface area contributed by atoms with Crippen LogP contribution in [0.3, 0.4) is 0 Å². The van der Waals surface area contributed by atoms with Gasteiger partial charge in [-0.2, -0.15) is 0 Å². The van der Waals surface area contributed by atoms with Crippen LogP contribution in [0, 0.1) is 0 Å². The molecule has 144 valence electrons. The summed E-state index contributed by atoms with van der Waals surface area (Å²) in [7, 11) is 0. The Morgan fingerprint density at radius 3 is 2.48 bits per heavy atom. The Morgan fingerprint density at radius 1 is 0.966 bits per heavy atom. The van der Waals surface area contributed by atoms with Crippen LogP contribution >= 0.6 is 0 Å². The first-order valence-corrected chi connectivity index (χ1v) is 8.89. The molecule has 0 spiro atoms. The van der Waals surface area contributed by atoms with Crippen LogP contribution in [0.25, 0.3) is 22.3 Å².